The lowest BCUT2D eigenvalue weighted by Crippen LogP contribution is -2.19. The van der Waals surface area contributed by atoms with Crippen LogP contribution in [0.1, 0.15) is 12.8 Å². The number of nitrogens with one attached hydrogen (secondary N) is 1. The zero-order valence-corrected chi connectivity index (χ0v) is 7.19. The van der Waals surface area contributed by atoms with Gasteiger partial charge in [-0.3, -0.25) is 9.59 Å². The lowest BCUT2D eigenvalue weighted by Gasteiger charge is -2.13. The lowest BCUT2D eigenvalue weighted by atomic mass is 9.90. The first kappa shape index (κ1) is 9.98. The summed E-state index contributed by atoms with van der Waals surface area (Å²) in [7, 11) is 0. The van der Waals surface area contributed by atoms with Gasteiger partial charge in [0.1, 0.15) is 0 Å². The fraction of sp³-hybridized carbons (Fsp3) is 0.750. The Bertz CT molecular complexity index is 194. The quantitative estimate of drug-likeness (QED) is 0.566. The molecule has 2 atom stereocenters. The van der Waals surface area contributed by atoms with Crippen LogP contribution < -0.4 is 5.32 Å². The second-order valence-electron chi connectivity index (χ2n) is 3.37. The standard InChI is InChI=1S/C8H13NO4/c10-7(11)1-5-3-9-4-6(5)2-8(12)13/h5-6,9H,1-4H2,(H,10,11)(H,12,13)/t5-,6+. The van der Waals surface area contributed by atoms with Crippen molar-refractivity contribution in [2.75, 3.05) is 13.1 Å². The number of rotatable bonds is 4. The molecule has 0 spiro atoms. The van der Waals surface area contributed by atoms with Crippen molar-refractivity contribution in [3.63, 3.8) is 0 Å². The van der Waals surface area contributed by atoms with Crippen molar-refractivity contribution in [3.05, 3.63) is 0 Å². The highest BCUT2D eigenvalue weighted by Crippen LogP contribution is 2.23. The van der Waals surface area contributed by atoms with Crippen LogP contribution in [0.2, 0.25) is 0 Å². The molecule has 5 heteroatoms. The van der Waals surface area contributed by atoms with E-state index in [-0.39, 0.29) is 24.7 Å². The monoisotopic (exact) mass is 187 g/mol. The summed E-state index contributed by atoms with van der Waals surface area (Å²) >= 11 is 0. The van der Waals surface area contributed by atoms with Crippen LogP contribution in [0.25, 0.3) is 0 Å². The molecule has 0 amide bonds. The van der Waals surface area contributed by atoms with Crippen LogP contribution in [0.15, 0.2) is 0 Å². The molecule has 13 heavy (non-hydrogen) atoms. The highest BCUT2D eigenvalue weighted by molar-refractivity contribution is 5.69. The number of aliphatic carboxylic acids is 2. The average Bonchev–Trinajstić information content (AvgIpc) is 2.34. The van der Waals surface area contributed by atoms with Gasteiger partial charge < -0.3 is 15.5 Å². The van der Waals surface area contributed by atoms with Gasteiger partial charge in [-0.15, -0.1) is 0 Å². The van der Waals surface area contributed by atoms with Crippen molar-refractivity contribution in [1.82, 2.24) is 5.32 Å². The normalized spacial score (nSPS) is 27.4. The molecule has 0 aliphatic carbocycles. The molecule has 0 aromatic carbocycles. The number of carboxylic acids is 2. The highest BCUT2D eigenvalue weighted by atomic mass is 16.4. The summed E-state index contributed by atoms with van der Waals surface area (Å²) in [6.07, 6.45) is 0.121. The number of carboxylic acid groups (broad SMARTS) is 2. The van der Waals surface area contributed by atoms with Gasteiger partial charge in [0.05, 0.1) is 0 Å². The van der Waals surface area contributed by atoms with Crippen molar-refractivity contribution in [3.8, 4) is 0 Å². The molecule has 1 heterocycles. The topological polar surface area (TPSA) is 86.6 Å². The summed E-state index contributed by atoms with van der Waals surface area (Å²) in [5, 5.41) is 20.1. The molecule has 0 bridgehead atoms. The van der Waals surface area contributed by atoms with Crippen LogP contribution in [0.3, 0.4) is 0 Å². The van der Waals surface area contributed by atoms with Gasteiger partial charge in [-0.1, -0.05) is 0 Å². The van der Waals surface area contributed by atoms with Gasteiger partial charge in [-0.05, 0) is 24.9 Å². The molecule has 1 aliphatic rings. The van der Waals surface area contributed by atoms with Gasteiger partial charge in [-0.25, -0.2) is 0 Å². The van der Waals surface area contributed by atoms with Gasteiger partial charge in [0.2, 0.25) is 0 Å². The first-order valence-corrected chi connectivity index (χ1v) is 4.24. The van der Waals surface area contributed by atoms with E-state index in [0.29, 0.717) is 13.1 Å². The molecule has 0 aromatic heterocycles. The third-order valence-electron chi connectivity index (χ3n) is 2.35. The first-order valence-electron chi connectivity index (χ1n) is 4.24. The molecule has 3 N–H and O–H groups in total. The van der Waals surface area contributed by atoms with Crippen molar-refractivity contribution in [1.29, 1.82) is 0 Å². The fourth-order valence-electron chi connectivity index (χ4n) is 1.71. The Morgan fingerprint density at radius 2 is 1.46 bits per heavy atom. The maximum Gasteiger partial charge on any atom is 0.303 e. The van der Waals surface area contributed by atoms with Gasteiger partial charge in [-0.2, -0.15) is 0 Å². The number of hydrogen-bond donors (Lipinski definition) is 3. The van der Waals surface area contributed by atoms with E-state index < -0.39 is 11.9 Å². The molecule has 0 aromatic rings. The van der Waals surface area contributed by atoms with E-state index in [0.717, 1.165) is 0 Å². The SMILES string of the molecule is O=C(O)C[C@H]1CNC[C@H]1CC(=O)O. The highest BCUT2D eigenvalue weighted by Gasteiger charge is 2.30. The van der Waals surface area contributed by atoms with Crippen molar-refractivity contribution >= 4 is 11.9 Å². The summed E-state index contributed by atoms with van der Waals surface area (Å²) in [5.74, 6) is -1.78. The predicted molar refractivity (Wildman–Crippen MR) is 44.4 cm³/mol. The summed E-state index contributed by atoms with van der Waals surface area (Å²) in [6, 6.07) is 0. The van der Waals surface area contributed by atoms with Gasteiger partial charge in [0.15, 0.2) is 0 Å². The molecule has 1 fully saturated rings. The number of hydrogen-bond acceptors (Lipinski definition) is 3. The van der Waals surface area contributed by atoms with Crippen LogP contribution in [-0.2, 0) is 9.59 Å². The minimum absolute atomic E-state index is 0.0337. The summed E-state index contributed by atoms with van der Waals surface area (Å²) in [4.78, 5) is 20.8. The molecule has 74 valence electrons. The van der Waals surface area contributed by atoms with E-state index in [9.17, 15) is 9.59 Å². The van der Waals surface area contributed by atoms with Crippen LogP contribution >= 0.6 is 0 Å². The van der Waals surface area contributed by atoms with Gasteiger partial charge >= 0.3 is 11.9 Å². The zero-order chi connectivity index (χ0) is 9.84. The van der Waals surface area contributed by atoms with E-state index >= 15 is 0 Å². The Balaban J connectivity index is 2.43. The van der Waals surface area contributed by atoms with Crippen LogP contribution in [0.5, 0.6) is 0 Å². The lowest BCUT2D eigenvalue weighted by molar-refractivity contribution is -0.141. The predicted octanol–water partition coefficient (Wildman–Crippen LogP) is -0.229. The molecule has 0 unspecified atom stereocenters. The van der Waals surface area contributed by atoms with Crippen molar-refractivity contribution < 1.29 is 19.8 Å². The second kappa shape index (κ2) is 4.23. The fourth-order valence-corrected chi connectivity index (χ4v) is 1.71. The maximum atomic E-state index is 10.4. The van der Waals surface area contributed by atoms with Gasteiger partial charge in [0, 0.05) is 12.8 Å². The van der Waals surface area contributed by atoms with Crippen LogP contribution in [-0.4, -0.2) is 35.2 Å². The Hall–Kier alpha value is -1.10. The maximum absolute atomic E-state index is 10.4. The average molecular weight is 187 g/mol. The molecule has 1 aliphatic heterocycles. The Morgan fingerprint density at radius 1 is 1.08 bits per heavy atom. The van der Waals surface area contributed by atoms with E-state index in [1.807, 2.05) is 0 Å². The minimum atomic E-state index is -0.857. The molecular weight excluding hydrogens is 174 g/mol. The minimum Gasteiger partial charge on any atom is -0.481 e. The molecule has 1 saturated heterocycles. The summed E-state index contributed by atoms with van der Waals surface area (Å²) in [5.41, 5.74) is 0. The summed E-state index contributed by atoms with van der Waals surface area (Å²) < 4.78 is 0. The Labute approximate surface area is 75.7 Å². The third kappa shape index (κ3) is 3.02. The van der Waals surface area contributed by atoms with Crippen molar-refractivity contribution in [2.45, 2.75) is 12.8 Å². The Kier molecular flexibility index (Phi) is 3.25. The van der Waals surface area contributed by atoms with E-state index in [4.69, 9.17) is 10.2 Å². The van der Waals surface area contributed by atoms with E-state index in [2.05, 4.69) is 5.32 Å². The summed E-state index contributed by atoms with van der Waals surface area (Å²) in [6.45, 7) is 1.23. The van der Waals surface area contributed by atoms with E-state index in [1.165, 1.54) is 0 Å². The zero-order valence-electron chi connectivity index (χ0n) is 7.19. The van der Waals surface area contributed by atoms with Crippen LogP contribution in [0.4, 0.5) is 0 Å². The molecule has 0 radical (unpaired) electrons. The number of carbonyl (C=O) groups is 2. The molecule has 1 rings (SSSR count). The smallest absolute Gasteiger partial charge is 0.303 e. The molecule has 5 nitrogen and oxygen atoms in total. The molecule has 0 saturated carbocycles. The Morgan fingerprint density at radius 3 is 1.77 bits per heavy atom. The largest absolute Gasteiger partial charge is 0.481 e. The first-order chi connectivity index (χ1) is 6.09. The molecular formula is C8H13NO4. The third-order valence-corrected chi connectivity index (χ3v) is 2.35. The van der Waals surface area contributed by atoms with E-state index in [1.54, 1.807) is 0 Å². The second-order valence-corrected chi connectivity index (χ2v) is 3.37. The van der Waals surface area contributed by atoms with Gasteiger partial charge in [0.25, 0.3) is 0 Å². The van der Waals surface area contributed by atoms with Crippen LogP contribution in [0, 0.1) is 11.8 Å². The van der Waals surface area contributed by atoms with Crippen molar-refractivity contribution in [2.24, 2.45) is 11.8 Å².